The summed E-state index contributed by atoms with van der Waals surface area (Å²) in [5, 5.41) is 9.45. The molecule has 5 nitrogen and oxygen atoms in total. The molecule has 5 heteroatoms. The van der Waals surface area contributed by atoms with E-state index in [4.69, 9.17) is 0 Å². The van der Waals surface area contributed by atoms with Gasteiger partial charge in [-0.3, -0.25) is 4.79 Å². The van der Waals surface area contributed by atoms with Crippen molar-refractivity contribution in [1.29, 1.82) is 0 Å². The topological polar surface area (TPSA) is 75.6 Å². The molecule has 0 bridgehead atoms. The van der Waals surface area contributed by atoms with Crippen molar-refractivity contribution >= 4 is 11.9 Å². The molecule has 0 aromatic heterocycles. The molecule has 0 aliphatic rings. The summed E-state index contributed by atoms with van der Waals surface area (Å²) in [5.74, 6) is -1.68. The smallest absolute Gasteiger partial charge is 0.366 e. The molecular formula is C11H11NO4. The SMILES string of the molecule is C=CC(=O)NOC(=O)c1ccc(C)cc1O. The van der Waals surface area contributed by atoms with E-state index in [1.807, 2.05) is 5.48 Å². The Hall–Kier alpha value is -2.30. The summed E-state index contributed by atoms with van der Waals surface area (Å²) in [5.41, 5.74) is 2.65. The summed E-state index contributed by atoms with van der Waals surface area (Å²) in [6.07, 6.45) is 0.961. The van der Waals surface area contributed by atoms with Gasteiger partial charge in [-0.1, -0.05) is 12.6 Å². The van der Waals surface area contributed by atoms with Gasteiger partial charge >= 0.3 is 5.97 Å². The van der Waals surface area contributed by atoms with Crippen molar-refractivity contribution in [2.45, 2.75) is 6.92 Å². The largest absolute Gasteiger partial charge is 0.507 e. The number of amides is 1. The van der Waals surface area contributed by atoms with Crippen LogP contribution in [0.4, 0.5) is 0 Å². The molecule has 0 aliphatic carbocycles. The normalized spacial score (nSPS) is 9.31. The van der Waals surface area contributed by atoms with Gasteiger partial charge in [-0.2, -0.15) is 5.48 Å². The molecule has 1 rings (SSSR count). The lowest BCUT2D eigenvalue weighted by Gasteiger charge is -2.05. The van der Waals surface area contributed by atoms with Crippen molar-refractivity contribution in [1.82, 2.24) is 5.48 Å². The van der Waals surface area contributed by atoms with Crippen LogP contribution in [0.5, 0.6) is 5.75 Å². The van der Waals surface area contributed by atoms with Crippen molar-refractivity contribution in [3.8, 4) is 5.75 Å². The monoisotopic (exact) mass is 221 g/mol. The highest BCUT2D eigenvalue weighted by molar-refractivity contribution is 5.94. The van der Waals surface area contributed by atoms with Gasteiger partial charge in [0.05, 0.1) is 0 Å². The van der Waals surface area contributed by atoms with Crippen LogP contribution in [0.3, 0.4) is 0 Å². The number of benzene rings is 1. The van der Waals surface area contributed by atoms with E-state index >= 15 is 0 Å². The van der Waals surface area contributed by atoms with Crippen LogP contribution in [0.1, 0.15) is 15.9 Å². The van der Waals surface area contributed by atoms with E-state index in [0.29, 0.717) is 0 Å². The molecule has 84 valence electrons. The Kier molecular flexibility index (Phi) is 3.66. The molecule has 0 saturated heterocycles. The summed E-state index contributed by atoms with van der Waals surface area (Å²) in [6, 6.07) is 4.48. The second-order valence-electron chi connectivity index (χ2n) is 3.08. The Morgan fingerprint density at radius 1 is 1.50 bits per heavy atom. The predicted molar refractivity (Wildman–Crippen MR) is 56.6 cm³/mol. The Morgan fingerprint density at radius 2 is 2.19 bits per heavy atom. The molecule has 0 saturated carbocycles. The second kappa shape index (κ2) is 4.97. The molecule has 2 N–H and O–H groups in total. The average molecular weight is 221 g/mol. The van der Waals surface area contributed by atoms with Crippen molar-refractivity contribution in [2.24, 2.45) is 0 Å². The molecule has 0 radical (unpaired) electrons. The maximum Gasteiger partial charge on any atom is 0.366 e. The molecule has 0 heterocycles. The van der Waals surface area contributed by atoms with Crippen LogP contribution in [0.25, 0.3) is 0 Å². The lowest BCUT2D eigenvalue weighted by atomic mass is 10.1. The fraction of sp³-hybridized carbons (Fsp3) is 0.0909. The number of aryl methyl sites for hydroxylation is 1. The second-order valence-corrected chi connectivity index (χ2v) is 3.08. The maximum absolute atomic E-state index is 11.4. The van der Waals surface area contributed by atoms with Crippen molar-refractivity contribution in [3.05, 3.63) is 42.0 Å². The highest BCUT2D eigenvalue weighted by atomic mass is 16.7. The van der Waals surface area contributed by atoms with E-state index < -0.39 is 11.9 Å². The Bertz CT molecular complexity index is 440. The molecular weight excluding hydrogens is 210 g/mol. The minimum Gasteiger partial charge on any atom is -0.507 e. The first-order valence-electron chi connectivity index (χ1n) is 4.48. The zero-order chi connectivity index (χ0) is 12.1. The molecule has 0 spiro atoms. The van der Waals surface area contributed by atoms with Gasteiger partial charge in [0.1, 0.15) is 11.3 Å². The van der Waals surface area contributed by atoms with Gasteiger partial charge in [0, 0.05) is 0 Å². The molecule has 0 fully saturated rings. The molecule has 1 amide bonds. The quantitative estimate of drug-likeness (QED) is 0.578. The number of carbonyl (C=O) groups is 2. The average Bonchev–Trinajstić information content (AvgIpc) is 2.25. The van der Waals surface area contributed by atoms with Gasteiger partial charge in [0.2, 0.25) is 0 Å². The maximum atomic E-state index is 11.4. The number of phenolic OH excluding ortho intramolecular Hbond substituents is 1. The van der Waals surface area contributed by atoms with E-state index in [0.717, 1.165) is 11.6 Å². The third kappa shape index (κ3) is 2.84. The summed E-state index contributed by atoms with van der Waals surface area (Å²) in [6.45, 7) is 4.96. The van der Waals surface area contributed by atoms with Crippen LogP contribution in [-0.2, 0) is 9.63 Å². The fourth-order valence-electron chi connectivity index (χ4n) is 1.01. The number of carbonyl (C=O) groups excluding carboxylic acids is 2. The van der Waals surface area contributed by atoms with Gasteiger partial charge in [-0.15, -0.1) is 0 Å². The van der Waals surface area contributed by atoms with Gasteiger partial charge in [0.25, 0.3) is 5.91 Å². The highest BCUT2D eigenvalue weighted by Gasteiger charge is 2.13. The van der Waals surface area contributed by atoms with Crippen molar-refractivity contribution in [3.63, 3.8) is 0 Å². The molecule has 1 aromatic rings. The van der Waals surface area contributed by atoms with Crippen molar-refractivity contribution < 1.29 is 19.5 Å². The minimum absolute atomic E-state index is 0.0186. The first-order chi connectivity index (χ1) is 7.54. The first kappa shape index (κ1) is 11.8. The van der Waals surface area contributed by atoms with E-state index in [9.17, 15) is 14.7 Å². The number of phenols is 1. The molecule has 0 atom stereocenters. The fourth-order valence-corrected chi connectivity index (χ4v) is 1.01. The van der Waals surface area contributed by atoms with Gasteiger partial charge in [-0.25, -0.2) is 4.79 Å². The Balaban J connectivity index is 2.73. The molecule has 0 aliphatic heterocycles. The molecule has 16 heavy (non-hydrogen) atoms. The van der Waals surface area contributed by atoms with E-state index in [2.05, 4.69) is 11.4 Å². The Morgan fingerprint density at radius 3 is 2.75 bits per heavy atom. The van der Waals surface area contributed by atoms with Crippen LogP contribution in [0.15, 0.2) is 30.9 Å². The van der Waals surface area contributed by atoms with Crippen LogP contribution >= 0.6 is 0 Å². The predicted octanol–water partition coefficient (Wildman–Crippen LogP) is 1.07. The van der Waals surface area contributed by atoms with E-state index in [1.165, 1.54) is 12.1 Å². The number of aromatic hydroxyl groups is 1. The van der Waals surface area contributed by atoms with Crippen LogP contribution in [-0.4, -0.2) is 17.0 Å². The van der Waals surface area contributed by atoms with E-state index in [1.54, 1.807) is 13.0 Å². The summed E-state index contributed by atoms with van der Waals surface area (Å²) < 4.78 is 0. The van der Waals surface area contributed by atoms with Gasteiger partial charge in [0.15, 0.2) is 0 Å². The lowest BCUT2D eigenvalue weighted by molar-refractivity contribution is -0.125. The summed E-state index contributed by atoms with van der Waals surface area (Å²) in [7, 11) is 0. The minimum atomic E-state index is -0.840. The summed E-state index contributed by atoms with van der Waals surface area (Å²) >= 11 is 0. The van der Waals surface area contributed by atoms with Crippen molar-refractivity contribution in [2.75, 3.05) is 0 Å². The third-order valence-corrected chi connectivity index (χ3v) is 1.80. The number of nitrogens with one attached hydrogen (secondary N) is 1. The van der Waals surface area contributed by atoms with Crippen LogP contribution in [0, 0.1) is 6.92 Å². The third-order valence-electron chi connectivity index (χ3n) is 1.80. The standard InChI is InChI=1S/C11H11NO4/c1-3-10(14)12-16-11(15)8-5-4-7(2)6-9(8)13/h3-6,13H,1H2,2H3,(H,12,14). The molecule has 0 unspecified atom stereocenters. The van der Waals surface area contributed by atoms with Gasteiger partial charge in [-0.05, 0) is 30.7 Å². The molecule has 1 aromatic carbocycles. The highest BCUT2D eigenvalue weighted by Crippen LogP contribution is 2.18. The number of hydroxylamine groups is 1. The number of rotatable bonds is 2. The zero-order valence-electron chi connectivity index (χ0n) is 8.69. The zero-order valence-corrected chi connectivity index (χ0v) is 8.69. The summed E-state index contributed by atoms with van der Waals surface area (Å²) in [4.78, 5) is 26.5. The van der Waals surface area contributed by atoms with Crippen LogP contribution in [0.2, 0.25) is 0 Å². The lowest BCUT2D eigenvalue weighted by Crippen LogP contribution is -2.25. The number of hydrogen-bond donors (Lipinski definition) is 2. The van der Waals surface area contributed by atoms with Crippen LogP contribution < -0.4 is 5.48 Å². The van der Waals surface area contributed by atoms with Gasteiger partial charge < -0.3 is 9.94 Å². The first-order valence-corrected chi connectivity index (χ1v) is 4.48. The van der Waals surface area contributed by atoms with E-state index in [-0.39, 0.29) is 11.3 Å². The Labute approximate surface area is 92.3 Å². The number of hydrogen-bond acceptors (Lipinski definition) is 4.